The molecule has 2 fully saturated rings. The number of urea groups is 1. The predicted molar refractivity (Wildman–Crippen MR) is 216 cm³/mol. The van der Waals surface area contributed by atoms with Crippen molar-refractivity contribution in [3.8, 4) is 16.9 Å². The molecule has 3 aromatic heterocycles. The van der Waals surface area contributed by atoms with Gasteiger partial charge in [-0.05, 0) is 79.3 Å². The number of hydrogen-bond acceptors (Lipinski definition) is 8. The molecule has 2 saturated heterocycles. The van der Waals surface area contributed by atoms with Gasteiger partial charge in [-0.25, -0.2) is 13.6 Å². The van der Waals surface area contributed by atoms with Crippen LogP contribution in [0.25, 0.3) is 22.0 Å². The molecule has 16 heteroatoms. The van der Waals surface area contributed by atoms with Crippen LogP contribution in [0.15, 0.2) is 61.1 Å². The molecule has 7 heterocycles. The average molecular weight is 806 g/mol. The minimum atomic E-state index is -2.72. The number of aromatic nitrogens is 4. The number of nitrogens with zero attached hydrogens (tertiary/aromatic N) is 8. The third-order valence-electron chi connectivity index (χ3n) is 12.2. The summed E-state index contributed by atoms with van der Waals surface area (Å²) in [6.45, 7) is 4.28. The number of pyridine rings is 1. The lowest BCUT2D eigenvalue weighted by atomic mass is 9.91. The molecule has 2 aromatic carbocycles. The Kier molecular flexibility index (Phi) is 10.0. The van der Waals surface area contributed by atoms with E-state index in [1.807, 2.05) is 34.8 Å². The summed E-state index contributed by atoms with van der Waals surface area (Å²) in [5, 5.41) is 8.39. The lowest BCUT2D eigenvalue weighted by molar-refractivity contribution is -0.134. The standard InChI is InChI=1S/C43H45F2N9O5/c1-26(55)51-18-12-37-35(24-51)42(53-15-3-4-27-20-31(32(41(44)45)21-38(27)53)34-23-49(2)36-9-14-46-22-33(34)36)48-54(37)29-10-16-50(17-11-29)40(57)25-59-30-7-5-28(6-8-30)52-19-13-39(56)47-43(52)58/h5-9,14,20-23,29,41H,3-4,10-13,15-19,24-25H2,1-2H3,(H,47,56,58). The Balaban J connectivity index is 0.938. The summed E-state index contributed by atoms with van der Waals surface area (Å²) in [7, 11) is 1.91. The van der Waals surface area contributed by atoms with Gasteiger partial charge in [-0.15, -0.1) is 0 Å². The highest BCUT2D eigenvalue weighted by atomic mass is 19.3. The second-order valence-electron chi connectivity index (χ2n) is 15.7. The predicted octanol–water partition coefficient (Wildman–Crippen LogP) is 6.05. The molecule has 0 saturated carbocycles. The van der Waals surface area contributed by atoms with E-state index in [0.29, 0.717) is 87.0 Å². The number of piperidine rings is 1. The molecule has 306 valence electrons. The number of amides is 5. The monoisotopic (exact) mass is 805 g/mol. The number of hydrogen-bond donors (Lipinski definition) is 1. The number of ether oxygens (including phenoxy) is 1. The van der Waals surface area contributed by atoms with Crippen molar-refractivity contribution in [2.75, 3.05) is 49.1 Å². The van der Waals surface area contributed by atoms with Crippen LogP contribution in [-0.4, -0.2) is 92.2 Å². The van der Waals surface area contributed by atoms with Crippen LogP contribution in [0.1, 0.15) is 67.5 Å². The highest BCUT2D eigenvalue weighted by Gasteiger charge is 2.35. The van der Waals surface area contributed by atoms with Crippen LogP contribution in [0.4, 0.5) is 30.8 Å². The summed E-state index contributed by atoms with van der Waals surface area (Å²) < 4.78 is 39.9. The summed E-state index contributed by atoms with van der Waals surface area (Å²) >= 11 is 0. The summed E-state index contributed by atoms with van der Waals surface area (Å²) in [6.07, 6.45) is 6.32. The van der Waals surface area contributed by atoms with Crippen molar-refractivity contribution < 1.29 is 32.7 Å². The summed E-state index contributed by atoms with van der Waals surface area (Å²) in [5.41, 5.74) is 6.38. The molecule has 14 nitrogen and oxygen atoms in total. The van der Waals surface area contributed by atoms with E-state index in [4.69, 9.17) is 9.84 Å². The Hall–Kier alpha value is -6.32. The molecule has 0 aliphatic carbocycles. The number of anilines is 3. The average Bonchev–Trinajstić information content (AvgIpc) is 3.79. The summed E-state index contributed by atoms with van der Waals surface area (Å²) in [4.78, 5) is 61.1. The van der Waals surface area contributed by atoms with Crippen molar-refractivity contribution in [3.05, 3.63) is 83.4 Å². The highest BCUT2D eigenvalue weighted by Crippen LogP contribution is 2.45. The lowest BCUT2D eigenvalue weighted by Crippen LogP contribution is -2.49. The van der Waals surface area contributed by atoms with Gasteiger partial charge in [0.15, 0.2) is 12.4 Å². The molecule has 4 aliphatic heterocycles. The number of benzene rings is 2. The van der Waals surface area contributed by atoms with Crippen LogP contribution in [0.2, 0.25) is 0 Å². The molecule has 0 radical (unpaired) electrons. The number of likely N-dealkylation sites (tertiary alicyclic amines) is 1. The van der Waals surface area contributed by atoms with Gasteiger partial charge in [-0.1, -0.05) is 0 Å². The number of nitrogens with one attached hydrogen (secondary N) is 1. The number of halogens is 2. The molecular weight excluding hydrogens is 761 g/mol. The molecule has 4 aliphatic rings. The number of rotatable bonds is 8. The van der Waals surface area contributed by atoms with E-state index in [1.54, 1.807) is 54.5 Å². The van der Waals surface area contributed by atoms with Crippen LogP contribution in [0, 0.1) is 0 Å². The molecule has 0 unspecified atom stereocenters. The Morgan fingerprint density at radius 1 is 0.932 bits per heavy atom. The second-order valence-corrected chi connectivity index (χ2v) is 15.7. The van der Waals surface area contributed by atoms with Crippen molar-refractivity contribution in [1.29, 1.82) is 0 Å². The van der Waals surface area contributed by atoms with Gasteiger partial charge in [0, 0.05) is 117 Å². The number of aryl methyl sites for hydroxylation is 2. The van der Waals surface area contributed by atoms with Crippen LogP contribution in [0.3, 0.4) is 0 Å². The Morgan fingerprint density at radius 3 is 2.47 bits per heavy atom. The zero-order valence-corrected chi connectivity index (χ0v) is 33.0. The van der Waals surface area contributed by atoms with Gasteiger partial charge in [-0.2, -0.15) is 5.10 Å². The first-order valence-corrected chi connectivity index (χ1v) is 20.1. The topological polar surface area (TPSA) is 138 Å². The maximum Gasteiger partial charge on any atom is 0.328 e. The zero-order valence-electron chi connectivity index (χ0n) is 33.0. The largest absolute Gasteiger partial charge is 0.484 e. The van der Waals surface area contributed by atoms with Crippen molar-refractivity contribution in [2.45, 2.75) is 64.5 Å². The third kappa shape index (κ3) is 7.14. The first-order chi connectivity index (χ1) is 28.5. The normalized spacial score (nSPS) is 17.4. The van der Waals surface area contributed by atoms with Crippen molar-refractivity contribution in [3.63, 3.8) is 0 Å². The van der Waals surface area contributed by atoms with Crippen molar-refractivity contribution in [1.82, 2.24) is 34.4 Å². The fourth-order valence-corrected chi connectivity index (χ4v) is 9.08. The zero-order chi connectivity index (χ0) is 40.9. The molecular formula is C43H45F2N9O5. The van der Waals surface area contributed by atoms with Gasteiger partial charge in [-0.3, -0.25) is 34.3 Å². The smallest absolute Gasteiger partial charge is 0.328 e. The van der Waals surface area contributed by atoms with Gasteiger partial charge in [0.05, 0.1) is 18.1 Å². The molecule has 5 amide bonds. The lowest BCUT2D eigenvalue weighted by Gasteiger charge is -2.34. The Bertz CT molecular complexity index is 2470. The van der Waals surface area contributed by atoms with E-state index < -0.39 is 12.5 Å². The minimum Gasteiger partial charge on any atom is -0.484 e. The van der Waals surface area contributed by atoms with Gasteiger partial charge in [0.1, 0.15) is 5.75 Å². The van der Waals surface area contributed by atoms with E-state index in [0.717, 1.165) is 46.1 Å². The Labute approximate surface area is 339 Å². The van der Waals surface area contributed by atoms with E-state index >= 15 is 8.78 Å². The highest BCUT2D eigenvalue weighted by molar-refractivity contribution is 6.05. The molecule has 0 bridgehead atoms. The molecule has 0 spiro atoms. The Morgan fingerprint density at radius 2 is 1.73 bits per heavy atom. The first kappa shape index (κ1) is 38.2. The van der Waals surface area contributed by atoms with Crippen molar-refractivity contribution in [2.24, 2.45) is 7.05 Å². The quantitative estimate of drug-likeness (QED) is 0.200. The van der Waals surface area contributed by atoms with E-state index in [2.05, 4.69) is 19.9 Å². The summed E-state index contributed by atoms with van der Waals surface area (Å²) in [5.74, 6) is 0.718. The van der Waals surface area contributed by atoms with Crippen LogP contribution < -0.4 is 19.9 Å². The fraction of sp³-hybridized carbons (Fsp3) is 0.395. The SMILES string of the molecule is CC(=O)N1CCc2c(c(N3CCCc4cc(-c5cn(C)c6ccncc56)c(C(F)F)cc43)nn2C2CCN(C(=O)COc3ccc(N4CCC(=O)NC4=O)cc3)CC2)C1. The molecule has 1 N–H and O–H groups in total. The number of fused-ring (bicyclic) bond motifs is 3. The number of alkyl halides is 2. The van der Waals surface area contributed by atoms with Crippen LogP contribution >= 0.6 is 0 Å². The third-order valence-corrected chi connectivity index (χ3v) is 12.2. The van der Waals surface area contributed by atoms with Gasteiger partial charge < -0.3 is 24.0 Å². The van der Waals surface area contributed by atoms with E-state index in [1.165, 1.54) is 4.90 Å². The maximum absolute atomic E-state index is 15.0. The molecule has 59 heavy (non-hydrogen) atoms. The number of imide groups is 1. The van der Waals surface area contributed by atoms with E-state index in [9.17, 15) is 19.2 Å². The van der Waals surface area contributed by atoms with E-state index in [-0.39, 0.29) is 42.4 Å². The molecule has 9 rings (SSSR count). The number of carbonyl (C=O) groups excluding carboxylic acids is 4. The van der Waals surface area contributed by atoms with Gasteiger partial charge in [0.2, 0.25) is 11.8 Å². The van der Waals surface area contributed by atoms with Crippen LogP contribution in [0.5, 0.6) is 5.75 Å². The van der Waals surface area contributed by atoms with Gasteiger partial charge in [0.25, 0.3) is 12.3 Å². The molecule has 0 atom stereocenters. The van der Waals surface area contributed by atoms with Gasteiger partial charge >= 0.3 is 6.03 Å². The first-order valence-electron chi connectivity index (χ1n) is 20.1. The van der Waals surface area contributed by atoms with Crippen molar-refractivity contribution >= 4 is 51.8 Å². The second kappa shape index (κ2) is 15.5. The summed E-state index contributed by atoms with van der Waals surface area (Å²) in [6, 6.07) is 11.8. The van der Waals surface area contributed by atoms with Crippen LogP contribution in [-0.2, 0) is 40.8 Å². The maximum atomic E-state index is 15.0. The number of carbonyl (C=O) groups is 4. The molecule has 5 aromatic rings. The minimum absolute atomic E-state index is 0.00408. The fourth-order valence-electron chi connectivity index (χ4n) is 9.08.